The molecule has 0 aliphatic heterocycles. The summed E-state index contributed by atoms with van der Waals surface area (Å²) in [6.45, 7) is 10.8. The van der Waals surface area contributed by atoms with Crippen LogP contribution in [0.15, 0.2) is 73.3 Å². The molecule has 0 radical (unpaired) electrons. The van der Waals surface area contributed by atoms with Crippen molar-refractivity contribution in [3.63, 3.8) is 0 Å². The first-order valence-corrected chi connectivity index (χ1v) is 11.2. The smallest absolute Gasteiger partial charge is 0.372 e. The zero-order valence-corrected chi connectivity index (χ0v) is 19.2. The van der Waals surface area contributed by atoms with Gasteiger partial charge in [-0.15, -0.1) is 6.58 Å². The Morgan fingerprint density at radius 3 is 2.03 bits per heavy atom. The number of fused-ring (bicyclic) bond motifs is 2. The van der Waals surface area contributed by atoms with Crippen LogP contribution in [0, 0.1) is 20.8 Å². The molecule has 3 aromatic carbocycles. The molecule has 0 saturated heterocycles. The molecule has 0 amide bonds. The van der Waals surface area contributed by atoms with Gasteiger partial charge in [0, 0.05) is 17.7 Å². The van der Waals surface area contributed by atoms with E-state index in [9.17, 15) is 4.79 Å². The summed E-state index contributed by atoms with van der Waals surface area (Å²) in [7, 11) is 0. The van der Waals surface area contributed by atoms with E-state index < -0.39 is 0 Å². The van der Waals surface area contributed by atoms with E-state index >= 15 is 0 Å². The molecule has 0 unspecified atom stereocenters. The van der Waals surface area contributed by atoms with Gasteiger partial charge in [0.25, 0.3) is 0 Å². The molecule has 4 rings (SSSR count). The van der Waals surface area contributed by atoms with E-state index in [-0.39, 0.29) is 12.5 Å². The SMILES string of the molecule is C=CCCCOC(=O)C[n+]1c2ccccc2c(-c2c(C)cc(C)cc2C)c2ccccc21. The Morgan fingerprint density at radius 2 is 1.47 bits per heavy atom. The molecule has 1 heterocycles. The van der Waals surface area contributed by atoms with Gasteiger partial charge in [-0.05, 0) is 62.4 Å². The molecule has 0 aliphatic rings. The van der Waals surface area contributed by atoms with Gasteiger partial charge in [0.05, 0.1) is 17.4 Å². The summed E-state index contributed by atoms with van der Waals surface area (Å²) in [4.78, 5) is 12.7. The van der Waals surface area contributed by atoms with Crippen LogP contribution in [0.2, 0.25) is 0 Å². The monoisotopic (exact) mass is 424 g/mol. The molecule has 0 spiro atoms. The number of esters is 1. The van der Waals surface area contributed by atoms with Crippen molar-refractivity contribution in [2.24, 2.45) is 0 Å². The van der Waals surface area contributed by atoms with Crippen LogP contribution in [0.1, 0.15) is 29.5 Å². The van der Waals surface area contributed by atoms with E-state index in [0.29, 0.717) is 6.61 Å². The van der Waals surface area contributed by atoms with Crippen molar-refractivity contribution in [1.29, 1.82) is 0 Å². The third-order valence-electron chi connectivity index (χ3n) is 5.96. The second kappa shape index (κ2) is 9.35. The highest BCUT2D eigenvalue weighted by atomic mass is 16.5. The highest BCUT2D eigenvalue weighted by Gasteiger charge is 2.25. The third-order valence-corrected chi connectivity index (χ3v) is 5.96. The second-order valence-electron chi connectivity index (χ2n) is 8.42. The number of unbranched alkanes of at least 4 members (excludes halogenated alkanes) is 1. The lowest BCUT2D eigenvalue weighted by Crippen LogP contribution is -2.40. The summed E-state index contributed by atoms with van der Waals surface area (Å²) < 4.78 is 7.59. The molecule has 32 heavy (non-hydrogen) atoms. The summed E-state index contributed by atoms with van der Waals surface area (Å²) in [6, 6.07) is 21.2. The summed E-state index contributed by atoms with van der Waals surface area (Å²) >= 11 is 0. The lowest BCUT2D eigenvalue weighted by atomic mass is 9.89. The minimum absolute atomic E-state index is 0.182. The van der Waals surface area contributed by atoms with E-state index in [1.165, 1.54) is 27.8 Å². The summed E-state index contributed by atoms with van der Waals surface area (Å²) in [6.07, 6.45) is 3.49. The third kappa shape index (κ3) is 4.16. The van der Waals surface area contributed by atoms with Crippen LogP contribution in [0.3, 0.4) is 0 Å². The molecule has 162 valence electrons. The van der Waals surface area contributed by atoms with E-state index in [2.05, 4.69) is 80.4 Å². The molecular weight excluding hydrogens is 394 g/mol. The zero-order valence-electron chi connectivity index (χ0n) is 19.2. The number of pyridine rings is 1. The van der Waals surface area contributed by atoms with Crippen LogP contribution in [0.4, 0.5) is 0 Å². The first-order valence-electron chi connectivity index (χ1n) is 11.2. The van der Waals surface area contributed by atoms with Crippen molar-refractivity contribution in [1.82, 2.24) is 0 Å². The van der Waals surface area contributed by atoms with Gasteiger partial charge in [0.15, 0.2) is 0 Å². The topological polar surface area (TPSA) is 30.2 Å². The zero-order chi connectivity index (χ0) is 22.7. The number of allylic oxidation sites excluding steroid dienone is 1. The van der Waals surface area contributed by atoms with Crippen molar-refractivity contribution in [2.45, 2.75) is 40.2 Å². The Bertz CT molecular complexity index is 1240. The molecule has 0 atom stereocenters. The number of para-hydroxylation sites is 2. The minimum atomic E-state index is -0.218. The van der Waals surface area contributed by atoms with Crippen molar-refractivity contribution < 1.29 is 14.1 Å². The van der Waals surface area contributed by atoms with Crippen molar-refractivity contribution in [2.75, 3.05) is 6.61 Å². The number of rotatable bonds is 7. The molecule has 0 aliphatic carbocycles. The maximum Gasteiger partial charge on any atom is 0.372 e. The first-order chi connectivity index (χ1) is 15.5. The van der Waals surface area contributed by atoms with E-state index in [1.807, 2.05) is 18.2 Å². The normalized spacial score (nSPS) is 11.1. The Balaban J connectivity index is 1.93. The van der Waals surface area contributed by atoms with Crippen LogP contribution in [-0.2, 0) is 16.1 Å². The molecular formula is C29H30NO2+. The van der Waals surface area contributed by atoms with Gasteiger partial charge < -0.3 is 4.74 Å². The average molecular weight is 425 g/mol. The molecule has 3 heteroatoms. The number of ether oxygens (including phenoxy) is 1. The molecule has 4 aromatic rings. The van der Waals surface area contributed by atoms with E-state index in [0.717, 1.165) is 34.6 Å². The largest absolute Gasteiger partial charge is 0.461 e. The molecule has 1 aromatic heterocycles. The van der Waals surface area contributed by atoms with Crippen LogP contribution in [-0.4, -0.2) is 12.6 Å². The molecule has 0 N–H and O–H groups in total. The number of aromatic nitrogens is 1. The number of hydrogen-bond donors (Lipinski definition) is 0. The fraction of sp³-hybridized carbons (Fsp3) is 0.241. The minimum Gasteiger partial charge on any atom is -0.461 e. The predicted octanol–water partition coefficient (Wildman–Crippen LogP) is 6.38. The van der Waals surface area contributed by atoms with Crippen LogP contribution in [0.5, 0.6) is 0 Å². The summed E-state index contributed by atoms with van der Waals surface area (Å²) in [5.41, 5.74) is 8.34. The molecule has 3 nitrogen and oxygen atoms in total. The van der Waals surface area contributed by atoms with Gasteiger partial charge in [-0.2, -0.15) is 4.57 Å². The summed E-state index contributed by atoms with van der Waals surface area (Å²) in [5, 5.41) is 2.28. The maximum absolute atomic E-state index is 12.7. The van der Waals surface area contributed by atoms with Gasteiger partial charge in [-0.1, -0.05) is 48.0 Å². The lowest BCUT2D eigenvalue weighted by Gasteiger charge is -2.16. The molecule has 0 saturated carbocycles. The predicted molar refractivity (Wildman–Crippen MR) is 132 cm³/mol. The molecule has 0 fully saturated rings. The van der Waals surface area contributed by atoms with E-state index in [4.69, 9.17) is 4.74 Å². The van der Waals surface area contributed by atoms with Gasteiger partial charge in [0.2, 0.25) is 17.6 Å². The van der Waals surface area contributed by atoms with Crippen molar-refractivity contribution in [3.8, 4) is 11.1 Å². The number of carbonyl (C=O) groups excluding carboxylic acids is 1. The number of carbonyl (C=O) groups is 1. The van der Waals surface area contributed by atoms with Crippen LogP contribution >= 0.6 is 0 Å². The Hall–Kier alpha value is -3.46. The number of nitrogens with zero attached hydrogens (tertiary/aromatic N) is 1. The first kappa shape index (κ1) is 21.8. The van der Waals surface area contributed by atoms with Gasteiger partial charge in [0.1, 0.15) is 0 Å². The summed E-state index contributed by atoms with van der Waals surface area (Å²) in [5.74, 6) is -0.218. The lowest BCUT2D eigenvalue weighted by molar-refractivity contribution is -0.633. The van der Waals surface area contributed by atoms with Gasteiger partial charge in [-0.25, -0.2) is 4.79 Å². The average Bonchev–Trinajstić information content (AvgIpc) is 2.77. The van der Waals surface area contributed by atoms with E-state index in [1.54, 1.807) is 0 Å². The maximum atomic E-state index is 12.7. The van der Waals surface area contributed by atoms with Crippen LogP contribution < -0.4 is 4.57 Å². The Kier molecular flexibility index (Phi) is 6.36. The number of aryl methyl sites for hydroxylation is 3. The highest BCUT2D eigenvalue weighted by molar-refractivity contribution is 6.08. The Labute approximate surface area is 190 Å². The number of benzene rings is 3. The standard InChI is InChI=1S/C29H30NO2/c1-5-6-11-16-32-27(31)19-30-25-14-9-7-12-23(25)29(24-13-8-10-15-26(24)30)28-21(3)17-20(2)18-22(28)4/h5,7-10,12-15,17-18H,1,6,11,16,19H2,2-4H3/q+1. The molecule has 0 bridgehead atoms. The van der Waals surface area contributed by atoms with Crippen LogP contribution in [0.25, 0.3) is 32.9 Å². The van der Waals surface area contributed by atoms with Gasteiger partial charge >= 0.3 is 5.97 Å². The number of hydrogen-bond acceptors (Lipinski definition) is 2. The fourth-order valence-corrected chi connectivity index (χ4v) is 4.72. The second-order valence-corrected chi connectivity index (χ2v) is 8.42. The van der Waals surface area contributed by atoms with Crippen molar-refractivity contribution >= 4 is 27.8 Å². The Morgan fingerprint density at radius 1 is 0.906 bits per heavy atom. The quantitative estimate of drug-likeness (QED) is 0.113. The highest BCUT2D eigenvalue weighted by Crippen LogP contribution is 2.38. The fourth-order valence-electron chi connectivity index (χ4n) is 4.72. The van der Waals surface area contributed by atoms with Crippen molar-refractivity contribution in [3.05, 3.63) is 90.0 Å². The van der Waals surface area contributed by atoms with Gasteiger partial charge in [-0.3, -0.25) is 0 Å².